The zero-order chi connectivity index (χ0) is 26.6. The first-order valence-electron chi connectivity index (χ1n) is 12.5. The van der Waals surface area contributed by atoms with Gasteiger partial charge in [0.15, 0.2) is 0 Å². The Labute approximate surface area is 215 Å². The fraction of sp³-hybridized carbons (Fsp3) is 0.625. The maximum Gasteiger partial charge on any atom is 0.328 e. The summed E-state index contributed by atoms with van der Waals surface area (Å²) in [7, 11) is 0. The molecule has 4 N–H and O–H groups in total. The van der Waals surface area contributed by atoms with E-state index in [0.717, 1.165) is 5.56 Å². The number of hydrogen-bond acceptors (Lipinski definition) is 11. The number of benzene rings is 1. The fourth-order valence-electron chi connectivity index (χ4n) is 4.60. The lowest BCUT2D eigenvalue weighted by molar-refractivity contribution is -0.493. The molecule has 3 rings (SSSR count). The molecule has 0 aromatic heterocycles. The maximum atomic E-state index is 13.5. The average molecular weight is 525 g/mol. The van der Waals surface area contributed by atoms with Crippen LogP contribution in [0.25, 0.3) is 0 Å². The van der Waals surface area contributed by atoms with Gasteiger partial charge in [-0.1, -0.05) is 30.3 Å². The van der Waals surface area contributed by atoms with E-state index in [2.05, 4.69) is 10.2 Å². The van der Waals surface area contributed by atoms with Crippen LogP contribution in [0.2, 0.25) is 0 Å². The molecule has 2 heterocycles. The number of hydrogen-bond donors (Lipinski definition) is 4. The van der Waals surface area contributed by atoms with Crippen molar-refractivity contribution in [3.05, 3.63) is 35.9 Å². The third-order valence-corrected chi connectivity index (χ3v) is 6.37. The van der Waals surface area contributed by atoms with Crippen LogP contribution >= 0.6 is 0 Å². The second-order valence-corrected chi connectivity index (χ2v) is 8.94. The minimum Gasteiger partial charge on any atom is -0.480 e. The number of fused-ring (bicyclic) bond motifs is 1. The zero-order valence-corrected chi connectivity index (χ0v) is 20.7. The Hall–Kier alpha value is -2.65. The van der Waals surface area contributed by atoms with Crippen LogP contribution in [0.4, 0.5) is 0 Å². The number of carboxylic acids is 1. The van der Waals surface area contributed by atoms with E-state index in [4.69, 9.17) is 19.9 Å². The number of nitrogens with one attached hydrogen (secondary N) is 1. The van der Waals surface area contributed by atoms with Crippen molar-refractivity contribution in [3.8, 4) is 0 Å². The van der Waals surface area contributed by atoms with Gasteiger partial charge in [0, 0.05) is 13.1 Å². The topological polar surface area (TPSA) is 161 Å². The molecule has 0 bridgehead atoms. The van der Waals surface area contributed by atoms with Crippen molar-refractivity contribution in [3.63, 3.8) is 0 Å². The number of nitrogens with zero attached hydrogens (tertiary/aromatic N) is 3. The normalized spacial score (nSPS) is 21.4. The van der Waals surface area contributed by atoms with Crippen molar-refractivity contribution in [2.75, 3.05) is 39.5 Å². The number of hydrazine groups is 1. The Kier molecular flexibility index (Phi) is 11.7. The summed E-state index contributed by atoms with van der Waals surface area (Å²) < 4.78 is 10.6. The first kappa shape index (κ1) is 28.9. The van der Waals surface area contributed by atoms with Crippen molar-refractivity contribution < 1.29 is 44.2 Å². The molecule has 1 aromatic carbocycles. The van der Waals surface area contributed by atoms with Gasteiger partial charge in [0.25, 0.3) is 5.91 Å². The molecule has 13 heteroatoms. The van der Waals surface area contributed by atoms with E-state index in [0.29, 0.717) is 51.6 Å². The van der Waals surface area contributed by atoms with E-state index in [9.17, 15) is 19.5 Å². The van der Waals surface area contributed by atoms with Gasteiger partial charge in [-0.25, -0.2) is 14.6 Å². The molecular weight excluding hydrogens is 488 g/mol. The molecule has 3 unspecified atom stereocenters. The second kappa shape index (κ2) is 14.9. The summed E-state index contributed by atoms with van der Waals surface area (Å²) in [4.78, 5) is 42.7. The lowest BCUT2D eigenvalue weighted by Crippen LogP contribution is -2.61. The van der Waals surface area contributed by atoms with E-state index in [1.807, 2.05) is 35.3 Å². The molecule has 0 spiro atoms. The number of aryl methyl sites for hydroxylation is 1. The van der Waals surface area contributed by atoms with Crippen LogP contribution in [-0.2, 0) is 35.1 Å². The molecule has 3 atom stereocenters. The molecule has 1 amide bonds. The van der Waals surface area contributed by atoms with E-state index in [1.165, 1.54) is 5.01 Å². The van der Waals surface area contributed by atoms with Gasteiger partial charge in [0.1, 0.15) is 18.7 Å². The molecule has 0 radical (unpaired) electrons. The molecule has 206 valence electrons. The number of carbonyl (C=O) groups is 3. The highest BCUT2D eigenvalue weighted by atomic mass is 17.1. The maximum absolute atomic E-state index is 13.5. The highest BCUT2D eigenvalue weighted by Gasteiger charge is 2.42. The first-order chi connectivity index (χ1) is 17.9. The minimum atomic E-state index is -1.03. The van der Waals surface area contributed by atoms with Gasteiger partial charge < -0.3 is 14.6 Å². The summed E-state index contributed by atoms with van der Waals surface area (Å²) in [5.41, 5.74) is 1.03. The molecule has 0 saturated carbocycles. The number of esters is 1. The summed E-state index contributed by atoms with van der Waals surface area (Å²) in [6.07, 6.45) is 3.22. The number of carbonyl (C=O) groups excluding carboxylic acids is 2. The monoisotopic (exact) mass is 524 g/mol. The van der Waals surface area contributed by atoms with Crippen molar-refractivity contribution >= 4 is 17.8 Å². The molecule has 13 nitrogen and oxygen atoms in total. The van der Waals surface area contributed by atoms with Crippen molar-refractivity contribution in [1.29, 1.82) is 0 Å². The van der Waals surface area contributed by atoms with Crippen molar-refractivity contribution in [2.24, 2.45) is 0 Å². The Morgan fingerprint density at radius 1 is 1.05 bits per heavy atom. The standard InChI is InChI=1S/C24H36N4O9/c29-22-19(8-4-12-26-13-5-9-21(23(30)31)27(22)26)25-20(11-10-18-6-2-1-3-7-18)24(32)36-16-14-35-15-17-37-28(33)34/h1-3,6-7,19-21,25,33-34H,4-5,8-17H2,(H,30,31). The van der Waals surface area contributed by atoms with Crippen LogP contribution in [0.3, 0.4) is 0 Å². The van der Waals surface area contributed by atoms with E-state index in [-0.39, 0.29) is 32.3 Å². The van der Waals surface area contributed by atoms with Crippen LogP contribution in [0.5, 0.6) is 0 Å². The molecule has 1 aromatic rings. The van der Waals surface area contributed by atoms with E-state index in [1.54, 1.807) is 0 Å². The van der Waals surface area contributed by atoms with Gasteiger partial charge in [-0.2, -0.15) is 0 Å². The summed E-state index contributed by atoms with van der Waals surface area (Å²) in [6.45, 7) is 1.20. The summed E-state index contributed by atoms with van der Waals surface area (Å²) in [5, 5.41) is 32.6. The lowest BCUT2D eigenvalue weighted by atomic mass is 10.0. The Morgan fingerprint density at radius 3 is 2.46 bits per heavy atom. The quantitative estimate of drug-likeness (QED) is 0.153. The third-order valence-electron chi connectivity index (χ3n) is 6.37. The smallest absolute Gasteiger partial charge is 0.328 e. The molecule has 37 heavy (non-hydrogen) atoms. The highest BCUT2D eigenvalue weighted by molar-refractivity contribution is 5.87. The largest absolute Gasteiger partial charge is 0.480 e. The van der Waals surface area contributed by atoms with Crippen molar-refractivity contribution in [1.82, 2.24) is 20.7 Å². The number of ether oxygens (including phenoxy) is 2. The van der Waals surface area contributed by atoms with Crippen LogP contribution in [0, 0.1) is 0 Å². The fourth-order valence-corrected chi connectivity index (χ4v) is 4.60. The molecular formula is C24H36N4O9. The van der Waals surface area contributed by atoms with Gasteiger partial charge in [-0.15, -0.1) is 0 Å². The molecule has 0 aliphatic carbocycles. The first-order valence-corrected chi connectivity index (χ1v) is 12.5. The molecule has 2 fully saturated rings. The van der Waals surface area contributed by atoms with E-state index < -0.39 is 35.5 Å². The Bertz CT molecular complexity index is 873. The summed E-state index contributed by atoms with van der Waals surface area (Å²) in [5.74, 6) is -1.91. The number of rotatable bonds is 14. The second-order valence-electron chi connectivity index (χ2n) is 8.94. The van der Waals surface area contributed by atoms with Crippen LogP contribution in [0.1, 0.15) is 37.7 Å². The van der Waals surface area contributed by atoms with Gasteiger partial charge in [-0.05, 0) is 44.1 Å². The average Bonchev–Trinajstić information content (AvgIpc) is 3.04. The SMILES string of the molecule is O=C(OCCOCCON(O)O)C(CCc1ccccc1)NC1CCCN2CCCC(C(=O)O)N2C1=O. The molecule has 2 saturated heterocycles. The molecule has 2 aliphatic heterocycles. The van der Waals surface area contributed by atoms with Crippen LogP contribution in [-0.4, -0.2) is 106 Å². The van der Waals surface area contributed by atoms with Gasteiger partial charge in [0.2, 0.25) is 0 Å². The highest BCUT2D eigenvalue weighted by Crippen LogP contribution is 2.24. The van der Waals surface area contributed by atoms with Gasteiger partial charge in [0.05, 0.1) is 31.3 Å². The van der Waals surface area contributed by atoms with E-state index >= 15 is 0 Å². The Balaban J connectivity index is 1.62. The van der Waals surface area contributed by atoms with Gasteiger partial charge in [-0.3, -0.25) is 30.3 Å². The third kappa shape index (κ3) is 9.00. The summed E-state index contributed by atoms with van der Waals surface area (Å²) in [6, 6.07) is 7.23. The van der Waals surface area contributed by atoms with Crippen molar-refractivity contribution in [2.45, 2.75) is 56.7 Å². The minimum absolute atomic E-state index is 0.0378. The number of amides is 1. The van der Waals surface area contributed by atoms with Crippen LogP contribution < -0.4 is 5.32 Å². The lowest BCUT2D eigenvalue weighted by Gasteiger charge is -2.42. The zero-order valence-electron chi connectivity index (χ0n) is 20.7. The summed E-state index contributed by atoms with van der Waals surface area (Å²) >= 11 is 0. The predicted molar refractivity (Wildman–Crippen MR) is 127 cm³/mol. The predicted octanol–water partition coefficient (Wildman–Crippen LogP) is 0.604. The Morgan fingerprint density at radius 2 is 1.76 bits per heavy atom. The van der Waals surface area contributed by atoms with Gasteiger partial charge >= 0.3 is 11.9 Å². The number of aliphatic carboxylic acids is 1. The number of carboxylic acid groups (broad SMARTS) is 1. The van der Waals surface area contributed by atoms with Crippen LogP contribution in [0.15, 0.2) is 30.3 Å². The molecule has 2 aliphatic rings.